The van der Waals surface area contributed by atoms with Gasteiger partial charge in [0.1, 0.15) is 0 Å². The Morgan fingerprint density at radius 2 is 1.31 bits per heavy atom. The van der Waals surface area contributed by atoms with Crippen LogP contribution in [-0.2, 0) is 19.1 Å². The van der Waals surface area contributed by atoms with Crippen molar-refractivity contribution >= 4 is 11.9 Å². The number of rotatable bonds is 15. The van der Waals surface area contributed by atoms with Gasteiger partial charge >= 0.3 is 36.1 Å². The number of alkyl halides is 8. The van der Waals surface area contributed by atoms with E-state index < -0.39 is 49.2 Å². The molecule has 0 aromatic carbocycles. The average Bonchev–Trinajstić information content (AvgIpc) is 2.62. The van der Waals surface area contributed by atoms with E-state index in [1.165, 1.54) is 0 Å². The molecular formula is C17H24F8O4. The Morgan fingerprint density at radius 1 is 0.793 bits per heavy atom. The minimum Gasteiger partial charge on any atom is -0.466 e. The van der Waals surface area contributed by atoms with Gasteiger partial charge in [0.25, 0.3) is 0 Å². The van der Waals surface area contributed by atoms with E-state index in [0.29, 0.717) is 6.42 Å². The van der Waals surface area contributed by atoms with Gasteiger partial charge in [0.05, 0.1) is 6.61 Å². The van der Waals surface area contributed by atoms with Crippen molar-refractivity contribution in [2.24, 2.45) is 0 Å². The van der Waals surface area contributed by atoms with Gasteiger partial charge in [-0.2, -0.15) is 26.3 Å². The first-order chi connectivity index (χ1) is 13.3. The molecule has 0 aromatic rings. The Hall–Kier alpha value is -1.62. The average molecular weight is 444 g/mol. The van der Waals surface area contributed by atoms with E-state index in [2.05, 4.69) is 4.74 Å². The van der Waals surface area contributed by atoms with Crippen molar-refractivity contribution in [3.63, 3.8) is 0 Å². The Balaban J connectivity index is 4.22. The zero-order chi connectivity index (χ0) is 22.7. The van der Waals surface area contributed by atoms with E-state index in [4.69, 9.17) is 4.74 Å². The molecule has 12 heteroatoms. The highest BCUT2D eigenvalue weighted by Gasteiger charge is 2.75. The lowest BCUT2D eigenvalue weighted by Gasteiger charge is -2.31. The van der Waals surface area contributed by atoms with Crippen LogP contribution in [-0.4, -0.2) is 49.3 Å². The second-order valence-electron chi connectivity index (χ2n) is 6.35. The number of halogens is 8. The molecule has 0 aliphatic carbocycles. The molecule has 0 spiro atoms. The largest absolute Gasteiger partial charge is 0.466 e. The van der Waals surface area contributed by atoms with Crippen LogP contribution in [0.25, 0.3) is 0 Å². The van der Waals surface area contributed by atoms with Crippen molar-refractivity contribution in [1.82, 2.24) is 0 Å². The van der Waals surface area contributed by atoms with Crippen LogP contribution < -0.4 is 0 Å². The van der Waals surface area contributed by atoms with Gasteiger partial charge in [-0.1, -0.05) is 32.6 Å². The Morgan fingerprint density at radius 3 is 1.83 bits per heavy atom. The molecule has 0 radical (unpaired) electrons. The molecule has 0 saturated heterocycles. The molecule has 0 aromatic heterocycles. The SMILES string of the molecule is CCCCCCCOC(=O)CCCC(=O)OCC(F)(F)C(F)(F)C(F)(F)C(F)F. The molecule has 29 heavy (non-hydrogen) atoms. The number of carbonyl (C=O) groups excluding carboxylic acids is 2. The topological polar surface area (TPSA) is 52.6 Å². The normalized spacial score (nSPS) is 12.9. The van der Waals surface area contributed by atoms with Crippen LogP contribution in [0.5, 0.6) is 0 Å². The summed E-state index contributed by atoms with van der Waals surface area (Å²) in [6.45, 7) is -0.299. The minimum atomic E-state index is -6.44. The summed E-state index contributed by atoms with van der Waals surface area (Å²) < 4.78 is 110. The van der Waals surface area contributed by atoms with Gasteiger partial charge < -0.3 is 9.47 Å². The van der Waals surface area contributed by atoms with E-state index in [1.807, 2.05) is 6.92 Å². The Bertz CT molecular complexity index is 512. The highest BCUT2D eigenvalue weighted by molar-refractivity contribution is 5.72. The zero-order valence-corrected chi connectivity index (χ0v) is 15.8. The number of unbranched alkanes of at least 4 members (excludes halogenated alkanes) is 4. The maximum absolute atomic E-state index is 13.2. The minimum absolute atomic E-state index is 0.173. The van der Waals surface area contributed by atoms with Gasteiger partial charge in [-0.15, -0.1) is 0 Å². The fourth-order valence-electron chi connectivity index (χ4n) is 2.06. The van der Waals surface area contributed by atoms with Crippen molar-refractivity contribution < 1.29 is 54.2 Å². The zero-order valence-electron chi connectivity index (χ0n) is 15.8. The number of ether oxygens (including phenoxy) is 2. The lowest BCUT2D eigenvalue weighted by molar-refractivity contribution is -0.344. The van der Waals surface area contributed by atoms with Crippen LogP contribution in [0.2, 0.25) is 0 Å². The maximum atomic E-state index is 13.2. The third-order valence-corrected chi connectivity index (χ3v) is 3.84. The molecule has 0 heterocycles. The van der Waals surface area contributed by atoms with Gasteiger partial charge in [0, 0.05) is 12.8 Å². The van der Waals surface area contributed by atoms with Crippen LogP contribution >= 0.6 is 0 Å². The van der Waals surface area contributed by atoms with Crippen LogP contribution in [0.1, 0.15) is 58.3 Å². The summed E-state index contributed by atoms with van der Waals surface area (Å²) >= 11 is 0. The summed E-state index contributed by atoms with van der Waals surface area (Å²) in [6.07, 6.45) is -1.57. The number of esters is 2. The van der Waals surface area contributed by atoms with E-state index in [0.717, 1.165) is 25.7 Å². The lowest BCUT2D eigenvalue weighted by Crippen LogP contribution is -2.59. The molecule has 0 saturated carbocycles. The van der Waals surface area contributed by atoms with Gasteiger partial charge in [-0.3, -0.25) is 9.59 Å². The van der Waals surface area contributed by atoms with E-state index in [-0.39, 0.29) is 19.4 Å². The van der Waals surface area contributed by atoms with Crippen molar-refractivity contribution in [2.45, 2.75) is 82.5 Å². The smallest absolute Gasteiger partial charge is 0.381 e. The van der Waals surface area contributed by atoms with E-state index >= 15 is 0 Å². The monoisotopic (exact) mass is 444 g/mol. The standard InChI is InChI=1S/C17H24F8O4/c1-2-3-4-5-6-10-28-12(26)8-7-9-13(27)29-11-15(20,21)17(24,25)16(22,23)14(18)19/h14H,2-11H2,1H3. The molecule has 0 N–H and O–H groups in total. The first-order valence-electron chi connectivity index (χ1n) is 9.02. The Kier molecular flexibility index (Phi) is 11.5. The van der Waals surface area contributed by atoms with Crippen LogP contribution in [0.3, 0.4) is 0 Å². The molecular weight excluding hydrogens is 420 g/mol. The van der Waals surface area contributed by atoms with E-state index in [9.17, 15) is 44.7 Å². The molecule has 4 nitrogen and oxygen atoms in total. The molecule has 0 atom stereocenters. The number of carbonyl (C=O) groups is 2. The van der Waals surface area contributed by atoms with Crippen molar-refractivity contribution in [2.75, 3.05) is 13.2 Å². The first kappa shape index (κ1) is 27.4. The molecule has 0 unspecified atom stereocenters. The second-order valence-corrected chi connectivity index (χ2v) is 6.35. The summed E-state index contributed by atoms with van der Waals surface area (Å²) in [4.78, 5) is 22.6. The summed E-state index contributed by atoms with van der Waals surface area (Å²) in [5, 5.41) is 0. The van der Waals surface area contributed by atoms with Gasteiger partial charge in [-0.25, -0.2) is 8.78 Å². The van der Waals surface area contributed by atoms with E-state index in [1.54, 1.807) is 0 Å². The summed E-state index contributed by atoms with van der Waals surface area (Å²) in [5.74, 6) is -20.6. The summed E-state index contributed by atoms with van der Waals surface area (Å²) in [7, 11) is 0. The highest BCUT2D eigenvalue weighted by Crippen LogP contribution is 2.48. The quantitative estimate of drug-likeness (QED) is 0.193. The Labute approximate surface area is 162 Å². The van der Waals surface area contributed by atoms with Crippen molar-refractivity contribution in [3.8, 4) is 0 Å². The van der Waals surface area contributed by atoms with Crippen LogP contribution in [0.4, 0.5) is 35.1 Å². The number of hydrogen-bond acceptors (Lipinski definition) is 4. The third kappa shape index (κ3) is 8.73. The van der Waals surface area contributed by atoms with Gasteiger partial charge in [0.2, 0.25) is 0 Å². The third-order valence-electron chi connectivity index (χ3n) is 3.84. The van der Waals surface area contributed by atoms with Crippen LogP contribution in [0.15, 0.2) is 0 Å². The first-order valence-corrected chi connectivity index (χ1v) is 9.02. The van der Waals surface area contributed by atoms with Crippen molar-refractivity contribution in [1.29, 1.82) is 0 Å². The fourth-order valence-corrected chi connectivity index (χ4v) is 2.06. The molecule has 0 amide bonds. The van der Waals surface area contributed by atoms with Crippen LogP contribution in [0, 0.1) is 0 Å². The van der Waals surface area contributed by atoms with Gasteiger partial charge in [-0.05, 0) is 12.8 Å². The molecule has 0 fully saturated rings. The predicted octanol–water partition coefficient (Wildman–Crippen LogP) is 5.38. The summed E-state index contributed by atoms with van der Waals surface area (Å²) in [6, 6.07) is 0. The lowest BCUT2D eigenvalue weighted by atomic mass is 10.1. The molecule has 0 bridgehead atoms. The fraction of sp³-hybridized carbons (Fsp3) is 0.882. The summed E-state index contributed by atoms with van der Waals surface area (Å²) in [5.41, 5.74) is 0. The second kappa shape index (κ2) is 12.2. The highest BCUT2D eigenvalue weighted by atomic mass is 19.4. The molecule has 0 aliphatic heterocycles. The number of hydrogen-bond donors (Lipinski definition) is 0. The molecule has 0 aliphatic rings. The van der Waals surface area contributed by atoms with Gasteiger partial charge in [0.15, 0.2) is 6.61 Å². The maximum Gasteiger partial charge on any atom is 0.381 e. The predicted molar refractivity (Wildman–Crippen MR) is 85.4 cm³/mol. The molecule has 172 valence electrons. The molecule has 0 rings (SSSR count). The van der Waals surface area contributed by atoms with Crippen molar-refractivity contribution in [3.05, 3.63) is 0 Å².